The van der Waals surface area contributed by atoms with Crippen LogP contribution in [0.25, 0.3) is 0 Å². The molecule has 1 saturated heterocycles. The van der Waals surface area contributed by atoms with Gasteiger partial charge in [-0.15, -0.1) is 0 Å². The average Bonchev–Trinajstić information content (AvgIpc) is 3.97. The molecule has 0 aromatic rings. The summed E-state index contributed by atoms with van der Waals surface area (Å²) in [5, 5.41) is 12.1. The van der Waals surface area contributed by atoms with Crippen molar-refractivity contribution in [2.24, 2.45) is 28.4 Å². The highest BCUT2D eigenvalue weighted by Crippen LogP contribution is 2.30. The van der Waals surface area contributed by atoms with Crippen LogP contribution in [0.4, 0.5) is 4.79 Å². The number of nitrogens with one attached hydrogen (secondary N) is 4. The molecule has 3 rings (SSSR count). The number of nitrogens with zero attached hydrogens (tertiary/aromatic N) is 2. The van der Waals surface area contributed by atoms with Crippen molar-refractivity contribution in [3.05, 3.63) is 0 Å². The molecule has 2 saturated carbocycles. The smallest absolute Gasteiger partial charge is 0.315 e. The summed E-state index contributed by atoms with van der Waals surface area (Å²) < 4.78 is 2.04. The normalized spacial score (nSPS) is 18.5. The quantitative estimate of drug-likeness (QED) is 0.0890. The molecule has 0 aromatic carbocycles. The molecule has 50 heavy (non-hydrogen) atoms. The van der Waals surface area contributed by atoms with Crippen molar-refractivity contribution in [3.63, 3.8) is 0 Å². The highest BCUT2D eigenvalue weighted by atomic mass is 32.1. The zero-order chi connectivity index (χ0) is 39.2. The summed E-state index contributed by atoms with van der Waals surface area (Å²) in [6, 6.07) is -2.70. The van der Waals surface area contributed by atoms with Crippen LogP contribution < -0.4 is 27.0 Å². The van der Waals surface area contributed by atoms with E-state index in [0.717, 1.165) is 31.5 Å². The van der Waals surface area contributed by atoms with Crippen LogP contribution in [-0.4, -0.2) is 96.1 Å². The van der Waals surface area contributed by atoms with Crippen LogP contribution in [0.15, 0.2) is 0 Å². The summed E-state index contributed by atoms with van der Waals surface area (Å²) in [6.07, 6.45) is 7.01. The third kappa shape index (κ3) is 21.8. The number of Topliss-reactive ketones (excluding diaryl/α,β-unsaturated/α-hetero) is 1. The molecule has 1 heterocycles. The van der Waals surface area contributed by atoms with Crippen LogP contribution in [-0.2, 0) is 19.2 Å². The number of thiol groups is 1. The average molecular weight is 730 g/mol. The minimum absolute atomic E-state index is 0.144. The minimum atomic E-state index is -0.829. The molecule has 0 spiro atoms. The summed E-state index contributed by atoms with van der Waals surface area (Å²) in [4.78, 5) is 61.6. The number of nitrogens with two attached hydrogens (primary N) is 1. The van der Waals surface area contributed by atoms with Crippen LogP contribution in [0.2, 0.25) is 0 Å². The Morgan fingerprint density at radius 3 is 1.86 bits per heavy atom. The van der Waals surface area contributed by atoms with Gasteiger partial charge in [0.1, 0.15) is 12.1 Å². The minimum Gasteiger partial charge on any atom is -0.372 e. The van der Waals surface area contributed by atoms with Gasteiger partial charge >= 0.3 is 6.03 Å². The first-order valence-electron chi connectivity index (χ1n) is 18.8. The molecular weight excluding hydrogens is 655 g/mol. The number of ketones is 1. The maximum atomic E-state index is 13.7. The SMILES string of the molecule is CC.CC.CC(=O)C(C)NC(=O)C1CCCN1C(=O)C(NC(=O)NC(CNCCN(S)CC1CC1)C(C)(C)C)C(C)(C)C.CC1CC1.NC=O. The maximum Gasteiger partial charge on any atom is 0.315 e. The predicted octanol–water partition coefficient (Wildman–Crippen LogP) is 4.92. The summed E-state index contributed by atoms with van der Waals surface area (Å²) >= 11 is 4.55. The second-order valence-corrected chi connectivity index (χ2v) is 15.8. The van der Waals surface area contributed by atoms with Gasteiger partial charge < -0.3 is 31.9 Å². The lowest BCUT2D eigenvalue weighted by molar-refractivity contribution is -0.142. The van der Waals surface area contributed by atoms with Crippen molar-refractivity contribution in [3.8, 4) is 0 Å². The van der Waals surface area contributed by atoms with Crippen molar-refractivity contribution in [1.82, 2.24) is 30.5 Å². The van der Waals surface area contributed by atoms with Gasteiger partial charge in [-0.3, -0.25) is 23.5 Å². The van der Waals surface area contributed by atoms with Gasteiger partial charge in [0.25, 0.3) is 0 Å². The molecule has 3 fully saturated rings. The van der Waals surface area contributed by atoms with Gasteiger partial charge in [0.05, 0.1) is 6.04 Å². The Morgan fingerprint density at radius 1 is 0.920 bits per heavy atom. The van der Waals surface area contributed by atoms with E-state index in [9.17, 15) is 19.2 Å². The molecule has 1 aliphatic heterocycles. The Hall–Kier alpha value is -2.38. The Bertz CT molecular complexity index is 994. The van der Waals surface area contributed by atoms with E-state index in [1.54, 1.807) is 11.8 Å². The molecule has 294 valence electrons. The van der Waals surface area contributed by atoms with Gasteiger partial charge in [-0.1, -0.05) is 102 Å². The van der Waals surface area contributed by atoms with Gasteiger partial charge in [-0.25, -0.2) is 4.79 Å². The highest BCUT2D eigenvalue weighted by Gasteiger charge is 2.42. The Morgan fingerprint density at radius 2 is 1.44 bits per heavy atom. The topological polar surface area (TPSA) is 166 Å². The van der Waals surface area contributed by atoms with Gasteiger partial charge in [0, 0.05) is 38.8 Å². The van der Waals surface area contributed by atoms with Crippen LogP contribution in [0.5, 0.6) is 0 Å². The van der Waals surface area contributed by atoms with Crippen molar-refractivity contribution >= 4 is 42.9 Å². The third-order valence-corrected chi connectivity index (χ3v) is 8.84. The molecule has 0 aromatic heterocycles. The van der Waals surface area contributed by atoms with Crippen LogP contribution in [0, 0.1) is 22.7 Å². The molecule has 13 heteroatoms. The lowest BCUT2D eigenvalue weighted by atomic mass is 9.85. The first-order chi connectivity index (χ1) is 23.3. The fourth-order valence-electron chi connectivity index (χ4n) is 4.74. The largest absolute Gasteiger partial charge is 0.372 e. The molecule has 0 radical (unpaired) electrons. The van der Waals surface area contributed by atoms with E-state index in [1.807, 2.05) is 52.8 Å². The molecule has 5 amide bonds. The van der Waals surface area contributed by atoms with Crippen molar-refractivity contribution in [2.45, 2.75) is 153 Å². The van der Waals surface area contributed by atoms with Gasteiger partial charge in [0.15, 0.2) is 5.78 Å². The fraction of sp³-hybridized carbons (Fsp3) is 0.865. The number of rotatable bonds is 13. The number of hydrogen-bond donors (Lipinski definition) is 6. The molecule has 4 unspecified atom stereocenters. The second-order valence-electron chi connectivity index (χ2n) is 15.2. The van der Waals surface area contributed by atoms with E-state index in [4.69, 9.17) is 4.79 Å². The summed E-state index contributed by atoms with van der Waals surface area (Å²) in [7, 11) is 0. The van der Waals surface area contributed by atoms with Crippen molar-refractivity contribution in [2.75, 3.05) is 32.7 Å². The van der Waals surface area contributed by atoms with Crippen LogP contribution in [0.1, 0.15) is 129 Å². The van der Waals surface area contributed by atoms with E-state index in [2.05, 4.69) is 67.5 Å². The lowest BCUT2D eigenvalue weighted by Crippen LogP contribution is -2.61. The number of carbonyl (C=O) groups is 5. The zero-order valence-corrected chi connectivity index (χ0v) is 34.7. The Kier molecular flexibility index (Phi) is 25.4. The first-order valence-corrected chi connectivity index (χ1v) is 19.2. The maximum absolute atomic E-state index is 13.7. The molecule has 4 atom stereocenters. The molecule has 3 aliphatic rings. The number of carbonyl (C=O) groups excluding carboxylic acids is 5. The van der Waals surface area contributed by atoms with Crippen LogP contribution in [0.3, 0.4) is 0 Å². The third-order valence-electron chi connectivity index (χ3n) is 8.47. The molecule has 2 aliphatic carbocycles. The number of likely N-dealkylation sites (tertiary alicyclic amines) is 1. The number of primary amides is 1. The van der Waals surface area contributed by atoms with Crippen molar-refractivity contribution < 1.29 is 24.0 Å². The summed E-state index contributed by atoms with van der Waals surface area (Å²) in [5.41, 5.74) is 3.36. The number of urea groups is 1. The fourth-order valence-corrected chi connectivity index (χ4v) is 5.08. The first kappa shape index (κ1) is 49.7. The van der Waals surface area contributed by atoms with E-state index in [-0.39, 0.29) is 35.5 Å². The molecule has 12 nitrogen and oxygen atoms in total. The van der Waals surface area contributed by atoms with E-state index in [0.29, 0.717) is 25.9 Å². The monoisotopic (exact) mass is 730 g/mol. The second kappa shape index (κ2) is 25.6. The molecular formula is C37H75N7O5S. The zero-order valence-electron chi connectivity index (χ0n) is 33.8. The van der Waals surface area contributed by atoms with E-state index < -0.39 is 29.6 Å². The van der Waals surface area contributed by atoms with Gasteiger partial charge in [-0.2, -0.15) is 0 Å². The molecule has 6 N–H and O–H groups in total. The summed E-state index contributed by atoms with van der Waals surface area (Å²) in [5.74, 6) is 1.09. The van der Waals surface area contributed by atoms with Crippen molar-refractivity contribution in [1.29, 1.82) is 0 Å². The number of hydrogen-bond acceptors (Lipinski definition) is 8. The van der Waals surface area contributed by atoms with Gasteiger partial charge in [0.2, 0.25) is 18.2 Å². The Balaban J connectivity index is 0. The molecule has 0 bridgehead atoms. The van der Waals surface area contributed by atoms with Crippen LogP contribution >= 0.6 is 12.8 Å². The lowest BCUT2D eigenvalue weighted by Gasteiger charge is -2.37. The predicted molar refractivity (Wildman–Crippen MR) is 209 cm³/mol. The summed E-state index contributed by atoms with van der Waals surface area (Å²) in [6.45, 7) is 28.8. The number of amides is 5. The van der Waals surface area contributed by atoms with Gasteiger partial charge in [-0.05, 0) is 62.2 Å². The Labute approximate surface area is 310 Å². The highest BCUT2D eigenvalue weighted by molar-refractivity contribution is 7.77. The standard InChI is InChI=1S/C28H52N6O4S.C4H8.2C2H6.CH3NO/c1-18(19(2)35)30-24(36)21-10-9-14-34(21)25(37)23(28(6,7)8)32-26(38)31-22(27(3,4)5)16-29-13-15-33(39)17-20-11-12-20;1-4-2-3-4;2*1-2;2-1-3/h18,20-23,29,39H,9-17H2,1-8H3,(H,30,36)(H2,31,32,38);4H,2-3H2,1H3;2*1-2H3;1H,(H2,2,3). The van der Waals surface area contributed by atoms with E-state index >= 15 is 0 Å². The van der Waals surface area contributed by atoms with E-state index in [1.165, 1.54) is 32.6 Å².